The number of para-hydroxylation sites is 1. The highest BCUT2D eigenvalue weighted by Crippen LogP contribution is 2.15. The van der Waals surface area contributed by atoms with Crippen LogP contribution in [0.15, 0.2) is 24.3 Å². The van der Waals surface area contributed by atoms with E-state index in [-0.39, 0.29) is 0 Å². The third kappa shape index (κ3) is 3.95. The first-order chi connectivity index (χ1) is 9.19. The van der Waals surface area contributed by atoms with Crippen molar-refractivity contribution < 1.29 is 14.4 Å². The molecule has 4 heteroatoms. The van der Waals surface area contributed by atoms with Crippen molar-refractivity contribution in [2.24, 2.45) is 0 Å². The van der Waals surface area contributed by atoms with E-state index in [1.165, 1.54) is 4.90 Å². The summed E-state index contributed by atoms with van der Waals surface area (Å²) in [5, 5.41) is 8.98. The second-order valence-corrected chi connectivity index (χ2v) is 5.12. The molecular weight excluding hydrogens is 240 g/mol. The van der Waals surface area contributed by atoms with Crippen LogP contribution in [0.3, 0.4) is 0 Å². The number of nitrogens with zero attached hydrogens (tertiary/aromatic N) is 1. The molecule has 1 heterocycles. The molecule has 1 aromatic carbocycles. The van der Waals surface area contributed by atoms with Crippen molar-refractivity contribution in [1.29, 1.82) is 5.26 Å². The SMILES string of the molecule is C[C@@H]1C[NH+](CCOc2ccccc2C#N)C[C@H](C)O1. The number of morpholine rings is 1. The fraction of sp³-hybridized carbons (Fsp3) is 0.533. The first-order valence-corrected chi connectivity index (χ1v) is 6.80. The van der Waals surface area contributed by atoms with E-state index in [0.29, 0.717) is 30.1 Å². The van der Waals surface area contributed by atoms with Gasteiger partial charge in [-0.1, -0.05) is 12.1 Å². The second-order valence-electron chi connectivity index (χ2n) is 5.12. The summed E-state index contributed by atoms with van der Waals surface area (Å²) in [6.45, 7) is 7.84. The standard InChI is InChI=1S/C15H20N2O2/c1-12-10-17(11-13(2)19-12)7-8-18-15-6-4-3-5-14(15)9-16/h3-6,12-13H,7-8,10-11H2,1-2H3/p+1/t12-,13+. The van der Waals surface area contributed by atoms with Crippen LogP contribution in [0, 0.1) is 11.3 Å². The Morgan fingerprint density at radius 3 is 2.68 bits per heavy atom. The van der Waals surface area contributed by atoms with E-state index in [4.69, 9.17) is 14.7 Å². The lowest BCUT2D eigenvalue weighted by Gasteiger charge is -2.32. The summed E-state index contributed by atoms with van der Waals surface area (Å²) in [5.41, 5.74) is 0.598. The molecule has 1 fully saturated rings. The van der Waals surface area contributed by atoms with Gasteiger partial charge >= 0.3 is 0 Å². The first kappa shape index (κ1) is 13.9. The van der Waals surface area contributed by atoms with Crippen LogP contribution in [-0.2, 0) is 4.74 Å². The monoisotopic (exact) mass is 261 g/mol. The fourth-order valence-corrected chi connectivity index (χ4v) is 2.58. The predicted molar refractivity (Wildman–Crippen MR) is 72.2 cm³/mol. The molecule has 1 aliphatic rings. The number of benzene rings is 1. The van der Waals surface area contributed by atoms with Crippen molar-refractivity contribution in [3.8, 4) is 11.8 Å². The number of hydrogen-bond donors (Lipinski definition) is 1. The number of hydrogen-bond acceptors (Lipinski definition) is 3. The second kappa shape index (κ2) is 6.55. The average Bonchev–Trinajstić information content (AvgIpc) is 2.38. The molecule has 0 amide bonds. The van der Waals surface area contributed by atoms with Crippen LogP contribution in [0.4, 0.5) is 0 Å². The van der Waals surface area contributed by atoms with E-state index >= 15 is 0 Å². The van der Waals surface area contributed by atoms with Crippen molar-refractivity contribution in [1.82, 2.24) is 0 Å². The van der Waals surface area contributed by atoms with Crippen molar-refractivity contribution in [3.05, 3.63) is 29.8 Å². The molecule has 4 nitrogen and oxygen atoms in total. The molecule has 2 rings (SSSR count). The van der Waals surface area contributed by atoms with Gasteiger partial charge in [0.1, 0.15) is 50.3 Å². The van der Waals surface area contributed by atoms with Crippen molar-refractivity contribution in [3.63, 3.8) is 0 Å². The van der Waals surface area contributed by atoms with Crippen LogP contribution in [-0.4, -0.2) is 38.4 Å². The Balaban J connectivity index is 1.82. The molecule has 1 saturated heterocycles. The van der Waals surface area contributed by atoms with Gasteiger partial charge < -0.3 is 14.4 Å². The van der Waals surface area contributed by atoms with Gasteiger partial charge in [0, 0.05) is 0 Å². The smallest absolute Gasteiger partial charge is 0.137 e. The minimum absolute atomic E-state index is 0.310. The number of nitrogens with one attached hydrogen (secondary N) is 1. The Kier molecular flexibility index (Phi) is 4.78. The molecule has 0 bridgehead atoms. The Labute approximate surface area is 114 Å². The maximum atomic E-state index is 8.98. The molecular formula is C15H21N2O2+. The average molecular weight is 261 g/mol. The van der Waals surface area contributed by atoms with Gasteiger partial charge in [0.2, 0.25) is 0 Å². The highest BCUT2D eigenvalue weighted by Gasteiger charge is 2.25. The third-order valence-corrected chi connectivity index (χ3v) is 3.34. The Morgan fingerprint density at radius 1 is 1.32 bits per heavy atom. The van der Waals surface area contributed by atoms with Crippen LogP contribution in [0.1, 0.15) is 19.4 Å². The van der Waals surface area contributed by atoms with E-state index in [1.807, 2.05) is 18.2 Å². The quantitative estimate of drug-likeness (QED) is 0.865. The molecule has 0 aromatic heterocycles. The highest BCUT2D eigenvalue weighted by atomic mass is 16.5. The summed E-state index contributed by atoms with van der Waals surface area (Å²) >= 11 is 0. The number of quaternary nitrogens is 1. The maximum absolute atomic E-state index is 8.98. The van der Waals surface area contributed by atoms with E-state index in [2.05, 4.69) is 19.9 Å². The van der Waals surface area contributed by atoms with Gasteiger partial charge in [-0.05, 0) is 26.0 Å². The van der Waals surface area contributed by atoms with Gasteiger partial charge in [-0.2, -0.15) is 5.26 Å². The summed E-state index contributed by atoms with van der Waals surface area (Å²) < 4.78 is 11.4. The molecule has 102 valence electrons. The molecule has 1 N–H and O–H groups in total. The van der Waals surface area contributed by atoms with Crippen LogP contribution < -0.4 is 9.64 Å². The zero-order chi connectivity index (χ0) is 13.7. The molecule has 0 saturated carbocycles. The third-order valence-electron chi connectivity index (χ3n) is 3.34. The predicted octanol–water partition coefficient (Wildman–Crippen LogP) is 0.629. The van der Waals surface area contributed by atoms with Crippen LogP contribution >= 0.6 is 0 Å². The minimum atomic E-state index is 0.310. The zero-order valence-corrected chi connectivity index (χ0v) is 11.6. The largest absolute Gasteiger partial charge is 0.486 e. The van der Waals surface area contributed by atoms with Crippen LogP contribution in [0.5, 0.6) is 5.75 Å². The summed E-state index contributed by atoms with van der Waals surface area (Å²) in [6.07, 6.45) is 0.621. The normalized spacial score (nSPS) is 26.7. The summed E-state index contributed by atoms with van der Waals surface area (Å²) in [7, 11) is 0. The van der Waals surface area contributed by atoms with Crippen molar-refractivity contribution in [2.75, 3.05) is 26.2 Å². The van der Waals surface area contributed by atoms with Gasteiger partial charge in [-0.25, -0.2) is 0 Å². The van der Waals surface area contributed by atoms with Crippen LogP contribution in [0.2, 0.25) is 0 Å². The molecule has 0 radical (unpaired) electrons. The maximum Gasteiger partial charge on any atom is 0.137 e. The van der Waals surface area contributed by atoms with Gasteiger partial charge in [0.05, 0.1) is 5.56 Å². The Morgan fingerprint density at radius 2 is 2.00 bits per heavy atom. The molecule has 0 aliphatic carbocycles. The van der Waals surface area contributed by atoms with E-state index in [1.54, 1.807) is 6.07 Å². The Bertz CT molecular complexity index is 446. The number of nitriles is 1. The topological polar surface area (TPSA) is 46.7 Å². The molecule has 1 aliphatic heterocycles. The highest BCUT2D eigenvalue weighted by molar-refractivity contribution is 5.42. The summed E-state index contributed by atoms with van der Waals surface area (Å²) in [4.78, 5) is 1.50. The van der Waals surface area contributed by atoms with E-state index in [0.717, 1.165) is 19.6 Å². The molecule has 3 atom stereocenters. The lowest BCUT2D eigenvalue weighted by molar-refractivity contribution is -0.915. The summed E-state index contributed by atoms with van der Waals surface area (Å²) in [6, 6.07) is 9.51. The number of ether oxygens (including phenoxy) is 2. The van der Waals surface area contributed by atoms with E-state index < -0.39 is 0 Å². The fourth-order valence-electron chi connectivity index (χ4n) is 2.58. The lowest BCUT2D eigenvalue weighted by Crippen LogP contribution is -3.16. The summed E-state index contributed by atoms with van der Waals surface area (Å²) in [5.74, 6) is 0.679. The number of rotatable bonds is 4. The van der Waals surface area contributed by atoms with Gasteiger partial charge in [0.15, 0.2) is 0 Å². The molecule has 0 spiro atoms. The molecule has 19 heavy (non-hydrogen) atoms. The molecule has 1 unspecified atom stereocenters. The molecule has 1 aromatic rings. The van der Waals surface area contributed by atoms with Crippen molar-refractivity contribution in [2.45, 2.75) is 26.1 Å². The van der Waals surface area contributed by atoms with Gasteiger partial charge in [0.25, 0.3) is 0 Å². The zero-order valence-electron chi connectivity index (χ0n) is 11.6. The lowest BCUT2D eigenvalue weighted by atomic mass is 10.2. The Hall–Kier alpha value is -1.57. The minimum Gasteiger partial charge on any atom is -0.486 e. The van der Waals surface area contributed by atoms with Gasteiger partial charge in [-0.3, -0.25) is 0 Å². The first-order valence-electron chi connectivity index (χ1n) is 6.80. The van der Waals surface area contributed by atoms with Crippen LogP contribution in [0.25, 0.3) is 0 Å². The van der Waals surface area contributed by atoms with E-state index in [9.17, 15) is 0 Å². The van der Waals surface area contributed by atoms with Crippen molar-refractivity contribution >= 4 is 0 Å². The van der Waals surface area contributed by atoms with Gasteiger partial charge in [-0.15, -0.1) is 0 Å².